The Morgan fingerprint density at radius 1 is 1.14 bits per heavy atom. The maximum atomic E-state index is 5.55. The fraction of sp³-hybridized carbons (Fsp3) is 0.286. The number of hydrazine groups is 1. The molecule has 0 atom stereocenters. The van der Waals surface area contributed by atoms with Crippen LogP contribution in [0, 0.1) is 6.92 Å². The third-order valence-corrected chi connectivity index (χ3v) is 4.65. The molecule has 0 aliphatic rings. The van der Waals surface area contributed by atoms with Crippen molar-refractivity contribution in [2.75, 3.05) is 0 Å². The first kappa shape index (κ1) is 19.6. The first-order valence-electron chi connectivity index (χ1n) is 9.49. The number of nitrogens with zero attached hydrogens (tertiary/aromatic N) is 4. The van der Waals surface area contributed by atoms with Gasteiger partial charge in [0.2, 0.25) is 0 Å². The standard InChI is InChI=1S/C21H27N7/c1-3-4-9-20-24-15(2)27-28(20)14-16-10-12-17(13-11-16)18-7-5-6-8-19(18)21(25-22)26-23/h5-8,10-13H,3-4,9,14,22-23H2,1-2H3,(H,25,26). The average Bonchev–Trinajstić information content (AvgIpc) is 3.07. The van der Waals surface area contributed by atoms with Crippen LogP contribution < -0.4 is 17.1 Å². The Balaban J connectivity index is 1.84. The second-order valence-electron chi connectivity index (χ2n) is 6.70. The van der Waals surface area contributed by atoms with E-state index in [9.17, 15) is 0 Å². The molecule has 28 heavy (non-hydrogen) atoms. The van der Waals surface area contributed by atoms with Gasteiger partial charge in [-0.3, -0.25) is 0 Å². The van der Waals surface area contributed by atoms with Crippen molar-refractivity contribution in [1.82, 2.24) is 20.2 Å². The van der Waals surface area contributed by atoms with E-state index in [1.807, 2.05) is 35.9 Å². The lowest BCUT2D eigenvalue weighted by Crippen LogP contribution is -2.32. The molecular formula is C21H27N7. The second kappa shape index (κ2) is 9.14. The van der Waals surface area contributed by atoms with Gasteiger partial charge in [-0.15, -0.1) is 0 Å². The quantitative estimate of drug-likeness (QED) is 0.254. The number of aromatic nitrogens is 3. The zero-order valence-electron chi connectivity index (χ0n) is 16.4. The summed E-state index contributed by atoms with van der Waals surface area (Å²) in [4.78, 5) is 4.57. The van der Waals surface area contributed by atoms with Crippen LogP contribution >= 0.6 is 0 Å². The van der Waals surface area contributed by atoms with Gasteiger partial charge >= 0.3 is 0 Å². The molecule has 3 rings (SSSR count). The van der Waals surface area contributed by atoms with Crippen LogP contribution in [0.2, 0.25) is 0 Å². The number of hydrogen-bond donors (Lipinski definition) is 3. The van der Waals surface area contributed by atoms with Crippen molar-refractivity contribution in [3.05, 3.63) is 71.3 Å². The molecule has 2 aromatic carbocycles. The van der Waals surface area contributed by atoms with Gasteiger partial charge < -0.3 is 11.3 Å². The highest BCUT2D eigenvalue weighted by Gasteiger charge is 2.11. The maximum absolute atomic E-state index is 5.55. The second-order valence-corrected chi connectivity index (χ2v) is 6.70. The monoisotopic (exact) mass is 377 g/mol. The smallest absolute Gasteiger partial charge is 0.167 e. The highest BCUT2D eigenvalue weighted by atomic mass is 15.3. The molecule has 1 aromatic heterocycles. The Labute approximate surface area is 165 Å². The third kappa shape index (κ3) is 4.37. The summed E-state index contributed by atoms with van der Waals surface area (Å²) in [5, 5.41) is 8.29. The van der Waals surface area contributed by atoms with Crippen LogP contribution in [0.3, 0.4) is 0 Å². The van der Waals surface area contributed by atoms with E-state index in [0.29, 0.717) is 12.4 Å². The van der Waals surface area contributed by atoms with Crippen molar-refractivity contribution >= 4 is 5.84 Å². The Morgan fingerprint density at radius 3 is 2.57 bits per heavy atom. The molecule has 146 valence electrons. The van der Waals surface area contributed by atoms with Crippen LogP contribution in [-0.2, 0) is 13.0 Å². The summed E-state index contributed by atoms with van der Waals surface area (Å²) in [5.74, 6) is 13.3. The van der Waals surface area contributed by atoms with Crippen LogP contribution in [-0.4, -0.2) is 20.6 Å². The molecule has 0 fully saturated rings. The molecule has 0 aliphatic carbocycles. The van der Waals surface area contributed by atoms with Crippen molar-refractivity contribution in [2.24, 2.45) is 16.8 Å². The Hall–Kier alpha value is -3.19. The van der Waals surface area contributed by atoms with Crippen molar-refractivity contribution in [3.8, 4) is 11.1 Å². The van der Waals surface area contributed by atoms with Gasteiger partial charge in [0.15, 0.2) is 5.84 Å². The van der Waals surface area contributed by atoms with E-state index in [4.69, 9.17) is 11.7 Å². The molecule has 0 saturated carbocycles. The fourth-order valence-electron chi connectivity index (χ4n) is 3.23. The summed E-state index contributed by atoms with van der Waals surface area (Å²) in [6, 6.07) is 16.3. The molecule has 3 aromatic rings. The average molecular weight is 377 g/mol. The SMILES string of the molecule is CCCCc1nc(C)nn1Cc1ccc(-c2ccccc2C(=NN)NN)cc1. The number of amidine groups is 1. The van der Waals surface area contributed by atoms with Crippen LogP contribution in [0.1, 0.15) is 42.5 Å². The number of nitrogens with two attached hydrogens (primary N) is 2. The maximum Gasteiger partial charge on any atom is 0.167 e. The summed E-state index contributed by atoms with van der Waals surface area (Å²) in [6.07, 6.45) is 3.22. The molecule has 0 unspecified atom stereocenters. The van der Waals surface area contributed by atoms with Crippen LogP contribution in [0.4, 0.5) is 0 Å². The molecule has 0 radical (unpaired) electrons. The van der Waals surface area contributed by atoms with Crippen LogP contribution in [0.15, 0.2) is 53.6 Å². The van der Waals surface area contributed by atoms with Crippen molar-refractivity contribution in [1.29, 1.82) is 0 Å². The highest BCUT2D eigenvalue weighted by Crippen LogP contribution is 2.24. The summed E-state index contributed by atoms with van der Waals surface area (Å²) >= 11 is 0. The zero-order valence-corrected chi connectivity index (χ0v) is 16.4. The fourth-order valence-corrected chi connectivity index (χ4v) is 3.23. The van der Waals surface area contributed by atoms with E-state index in [1.165, 1.54) is 5.56 Å². The minimum Gasteiger partial charge on any atom is -0.321 e. The Morgan fingerprint density at radius 2 is 1.89 bits per heavy atom. The number of hydrazone groups is 1. The molecule has 7 heteroatoms. The molecule has 0 bridgehead atoms. The van der Waals surface area contributed by atoms with Gasteiger partial charge in [-0.1, -0.05) is 61.9 Å². The Bertz CT molecular complexity index is 942. The number of hydrogen-bond acceptors (Lipinski definition) is 5. The number of unbranched alkanes of at least 4 members (excludes halogenated alkanes) is 1. The summed E-state index contributed by atoms with van der Waals surface area (Å²) in [7, 11) is 0. The molecule has 0 spiro atoms. The topological polar surface area (TPSA) is 107 Å². The van der Waals surface area contributed by atoms with Gasteiger partial charge in [-0.05, 0) is 30.0 Å². The molecule has 0 aliphatic heterocycles. The molecule has 7 nitrogen and oxygen atoms in total. The van der Waals surface area contributed by atoms with Gasteiger partial charge in [0.05, 0.1) is 6.54 Å². The van der Waals surface area contributed by atoms with Crippen molar-refractivity contribution in [2.45, 2.75) is 39.7 Å². The number of aryl methyl sites for hydroxylation is 2. The van der Waals surface area contributed by atoms with Gasteiger partial charge in [0, 0.05) is 12.0 Å². The minimum atomic E-state index is 0.443. The highest BCUT2D eigenvalue weighted by molar-refractivity contribution is 6.04. The van der Waals surface area contributed by atoms with E-state index >= 15 is 0 Å². The van der Waals surface area contributed by atoms with Gasteiger partial charge in [-0.25, -0.2) is 15.5 Å². The Kier molecular flexibility index (Phi) is 6.39. The van der Waals surface area contributed by atoms with Gasteiger partial charge in [0.25, 0.3) is 0 Å². The third-order valence-electron chi connectivity index (χ3n) is 4.65. The number of rotatable bonds is 7. The molecular weight excluding hydrogens is 350 g/mol. The first-order chi connectivity index (χ1) is 13.7. The van der Waals surface area contributed by atoms with E-state index in [1.54, 1.807) is 0 Å². The lowest BCUT2D eigenvalue weighted by atomic mass is 9.98. The van der Waals surface area contributed by atoms with E-state index < -0.39 is 0 Å². The lowest BCUT2D eigenvalue weighted by molar-refractivity contribution is 0.616. The van der Waals surface area contributed by atoms with Crippen LogP contribution in [0.25, 0.3) is 11.1 Å². The van der Waals surface area contributed by atoms with Gasteiger partial charge in [0.1, 0.15) is 11.6 Å². The number of benzene rings is 2. The van der Waals surface area contributed by atoms with E-state index in [-0.39, 0.29) is 0 Å². The zero-order chi connectivity index (χ0) is 19.9. The van der Waals surface area contributed by atoms with E-state index in [0.717, 1.165) is 47.6 Å². The van der Waals surface area contributed by atoms with Crippen LogP contribution in [0.5, 0.6) is 0 Å². The molecule has 0 saturated heterocycles. The summed E-state index contributed by atoms with van der Waals surface area (Å²) in [6.45, 7) is 4.83. The predicted octanol–water partition coefficient (Wildman–Crippen LogP) is 2.73. The van der Waals surface area contributed by atoms with Gasteiger partial charge in [-0.2, -0.15) is 10.2 Å². The first-order valence-corrected chi connectivity index (χ1v) is 9.49. The molecule has 0 amide bonds. The molecule has 5 N–H and O–H groups in total. The lowest BCUT2D eigenvalue weighted by Gasteiger charge is -2.12. The summed E-state index contributed by atoms with van der Waals surface area (Å²) in [5.41, 5.74) is 6.66. The predicted molar refractivity (Wildman–Crippen MR) is 112 cm³/mol. The largest absolute Gasteiger partial charge is 0.321 e. The minimum absolute atomic E-state index is 0.443. The van der Waals surface area contributed by atoms with Crippen molar-refractivity contribution < 1.29 is 0 Å². The molecule has 1 heterocycles. The summed E-state index contributed by atoms with van der Waals surface area (Å²) < 4.78 is 2.01. The van der Waals surface area contributed by atoms with E-state index in [2.05, 4.69) is 51.8 Å². The normalized spacial score (nSPS) is 11.6. The number of nitrogens with one attached hydrogen (secondary N) is 1. The van der Waals surface area contributed by atoms with Crippen molar-refractivity contribution in [3.63, 3.8) is 0 Å².